The Balaban J connectivity index is 2.39. The molecule has 0 amide bonds. The highest BCUT2D eigenvalue weighted by atomic mass is 32.2. The number of carbonyl (C=O) groups is 2. The molecule has 0 bridgehead atoms. The van der Waals surface area contributed by atoms with E-state index in [2.05, 4.69) is 50.3 Å². The van der Waals surface area contributed by atoms with Gasteiger partial charge in [-0.05, 0) is 38.5 Å². The number of esters is 2. The van der Waals surface area contributed by atoms with Crippen molar-refractivity contribution in [2.45, 2.75) is 237 Å². The van der Waals surface area contributed by atoms with Crippen molar-refractivity contribution in [3.63, 3.8) is 0 Å². The quantitative estimate of drug-likeness (QED) is 0.0197. The number of allylic oxidation sites excluding steroid dienone is 9. The maximum Gasteiger partial charge on any atom is 0.310 e. The van der Waals surface area contributed by atoms with Crippen LogP contribution in [0.2, 0.25) is 0 Å². The summed E-state index contributed by atoms with van der Waals surface area (Å²) in [4.78, 5) is 25.4. The summed E-state index contributed by atoms with van der Waals surface area (Å²) in [5.41, 5.74) is 0. The van der Waals surface area contributed by atoms with Crippen LogP contribution in [0.4, 0.5) is 0 Å². The van der Waals surface area contributed by atoms with Gasteiger partial charge in [-0.1, -0.05) is 209 Å². The minimum Gasteiger partial charge on any atom is -0.462 e. The SMILES string of the molecule is CC/C=C\C/C=C\C/C=C\C/C=C\C/C=C\CC(=O)OC(COC(=O)CCCCCCCCCCCCCCCCCCCCCCCC)COC1OC(CS(=O)(=O)O)C(O)C(O)C1O. The van der Waals surface area contributed by atoms with Gasteiger partial charge in [0.1, 0.15) is 36.8 Å². The van der Waals surface area contributed by atoms with Crippen molar-refractivity contribution in [3.05, 3.63) is 60.8 Å². The fourth-order valence-corrected chi connectivity index (χ4v) is 8.21. The summed E-state index contributed by atoms with van der Waals surface area (Å²) in [5.74, 6) is -2.14. The van der Waals surface area contributed by atoms with Crippen molar-refractivity contribution in [2.24, 2.45) is 0 Å². The molecule has 1 rings (SSSR count). The van der Waals surface area contributed by atoms with E-state index in [1.807, 2.05) is 18.2 Å². The number of hydrogen-bond acceptors (Lipinski definition) is 11. The molecule has 0 aliphatic carbocycles. The molecule has 6 unspecified atom stereocenters. The first-order valence-electron chi connectivity index (χ1n) is 25.3. The van der Waals surface area contributed by atoms with E-state index < -0.39 is 71.2 Å². The molecule has 1 fully saturated rings. The van der Waals surface area contributed by atoms with Crippen LogP contribution in [-0.2, 0) is 38.7 Å². The molecule has 0 aromatic heterocycles. The van der Waals surface area contributed by atoms with Crippen LogP contribution < -0.4 is 0 Å². The molecule has 0 radical (unpaired) electrons. The monoisotopic (exact) mass is 939 g/mol. The van der Waals surface area contributed by atoms with Crippen molar-refractivity contribution >= 4 is 22.1 Å². The molecule has 1 heterocycles. The van der Waals surface area contributed by atoms with Crippen molar-refractivity contribution in [1.82, 2.24) is 0 Å². The van der Waals surface area contributed by atoms with E-state index in [-0.39, 0.29) is 19.4 Å². The van der Waals surface area contributed by atoms with Gasteiger partial charge < -0.3 is 34.3 Å². The predicted molar refractivity (Wildman–Crippen MR) is 261 cm³/mol. The number of ether oxygens (including phenoxy) is 4. The lowest BCUT2D eigenvalue weighted by Gasteiger charge is -2.40. The number of aliphatic hydroxyl groups is 3. The van der Waals surface area contributed by atoms with E-state index in [1.165, 1.54) is 116 Å². The maximum absolute atomic E-state index is 12.8. The topological polar surface area (TPSA) is 186 Å². The fourth-order valence-electron chi connectivity index (χ4n) is 7.52. The second-order valence-electron chi connectivity index (χ2n) is 17.5. The normalized spacial score (nSPS) is 20.0. The van der Waals surface area contributed by atoms with E-state index >= 15 is 0 Å². The molecule has 1 aliphatic heterocycles. The first-order valence-corrected chi connectivity index (χ1v) is 27.0. The van der Waals surface area contributed by atoms with Gasteiger partial charge in [0.05, 0.1) is 13.0 Å². The molecule has 0 saturated carbocycles. The second-order valence-corrected chi connectivity index (χ2v) is 19.0. The fraction of sp³-hybridized carbons (Fsp3) is 0.769. The van der Waals surface area contributed by atoms with Gasteiger partial charge in [-0.15, -0.1) is 0 Å². The van der Waals surface area contributed by atoms with Crippen molar-refractivity contribution < 1.29 is 56.8 Å². The zero-order valence-corrected chi connectivity index (χ0v) is 41.1. The first kappa shape index (κ1) is 60.4. The Labute approximate surface area is 394 Å². The molecule has 0 spiro atoms. The molecule has 4 N–H and O–H groups in total. The van der Waals surface area contributed by atoms with Gasteiger partial charge in [-0.25, -0.2) is 0 Å². The van der Waals surface area contributed by atoms with E-state index in [1.54, 1.807) is 6.08 Å². The van der Waals surface area contributed by atoms with Crippen LogP contribution in [0.1, 0.15) is 200 Å². The minimum atomic E-state index is -4.62. The molecule has 6 atom stereocenters. The molecule has 376 valence electrons. The first-order chi connectivity index (χ1) is 31.5. The van der Waals surface area contributed by atoms with E-state index in [0.717, 1.165) is 44.9 Å². The van der Waals surface area contributed by atoms with Gasteiger partial charge in [0, 0.05) is 6.42 Å². The zero-order chi connectivity index (χ0) is 47.6. The van der Waals surface area contributed by atoms with Crippen LogP contribution in [0.15, 0.2) is 60.8 Å². The molecule has 0 aromatic carbocycles. The van der Waals surface area contributed by atoms with Crippen molar-refractivity contribution in [3.8, 4) is 0 Å². The molecular weight excluding hydrogens is 849 g/mol. The summed E-state index contributed by atoms with van der Waals surface area (Å²) < 4.78 is 54.0. The minimum absolute atomic E-state index is 0.0681. The van der Waals surface area contributed by atoms with Gasteiger partial charge in [0.2, 0.25) is 0 Å². The van der Waals surface area contributed by atoms with E-state index in [4.69, 9.17) is 18.9 Å². The summed E-state index contributed by atoms with van der Waals surface area (Å²) in [7, 11) is -4.62. The third kappa shape index (κ3) is 36.1. The van der Waals surface area contributed by atoms with Crippen LogP contribution in [0.5, 0.6) is 0 Å². The van der Waals surface area contributed by atoms with Crippen LogP contribution in [0, 0.1) is 0 Å². The average Bonchev–Trinajstić information content (AvgIpc) is 3.27. The Hall–Kier alpha value is -2.65. The molecule has 1 saturated heterocycles. The highest BCUT2D eigenvalue weighted by Gasteiger charge is 2.46. The summed E-state index contributed by atoms with van der Waals surface area (Å²) in [6, 6.07) is 0. The molecule has 1 aliphatic rings. The smallest absolute Gasteiger partial charge is 0.310 e. The Morgan fingerprint density at radius 2 is 0.954 bits per heavy atom. The van der Waals surface area contributed by atoms with Crippen molar-refractivity contribution in [1.29, 1.82) is 0 Å². The van der Waals surface area contributed by atoms with Gasteiger partial charge >= 0.3 is 11.9 Å². The summed E-state index contributed by atoms with van der Waals surface area (Å²) in [6.07, 6.45) is 43.0. The summed E-state index contributed by atoms with van der Waals surface area (Å²) >= 11 is 0. The number of carbonyl (C=O) groups excluding carboxylic acids is 2. The van der Waals surface area contributed by atoms with Crippen LogP contribution in [0.25, 0.3) is 0 Å². The number of hydrogen-bond donors (Lipinski definition) is 4. The average molecular weight is 939 g/mol. The summed E-state index contributed by atoms with van der Waals surface area (Å²) in [6.45, 7) is 3.58. The number of rotatable bonds is 42. The highest BCUT2D eigenvalue weighted by Crippen LogP contribution is 2.24. The van der Waals surface area contributed by atoms with Gasteiger partial charge in [0.15, 0.2) is 12.4 Å². The van der Waals surface area contributed by atoms with Gasteiger partial charge in [-0.3, -0.25) is 14.1 Å². The van der Waals surface area contributed by atoms with Gasteiger partial charge in [0.25, 0.3) is 10.1 Å². The number of unbranched alkanes of at least 4 members (excludes halogenated alkanes) is 21. The molecule has 0 aromatic rings. The lowest BCUT2D eigenvalue weighted by atomic mass is 10.00. The lowest BCUT2D eigenvalue weighted by molar-refractivity contribution is -0.297. The van der Waals surface area contributed by atoms with Crippen LogP contribution in [0.3, 0.4) is 0 Å². The second kappa shape index (κ2) is 41.5. The Morgan fingerprint density at radius 1 is 0.538 bits per heavy atom. The molecular formula is C52H90O12S. The van der Waals surface area contributed by atoms with Crippen LogP contribution >= 0.6 is 0 Å². The molecule has 65 heavy (non-hydrogen) atoms. The van der Waals surface area contributed by atoms with E-state index in [0.29, 0.717) is 12.8 Å². The van der Waals surface area contributed by atoms with E-state index in [9.17, 15) is 37.9 Å². The predicted octanol–water partition coefficient (Wildman–Crippen LogP) is 11.3. The third-order valence-electron chi connectivity index (χ3n) is 11.4. The van der Waals surface area contributed by atoms with Gasteiger partial charge in [-0.2, -0.15) is 8.42 Å². The lowest BCUT2D eigenvalue weighted by Crippen LogP contribution is -2.60. The summed E-state index contributed by atoms with van der Waals surface area (Å²) in [5, 5.41) is 30.9. The Morgan fingerprint density at radius 3 is 1.38 bits per heavy atom. The zero-order valence-electron chi connectivity index (χ0n) is 40.3. The Bertz CT molecular complexity index is 1420. The molecule has 13 heteroatoms. The third-order valence-corrected chi connectivity index (χ3v) is 12.1. The highest BCUT2D eigenvalue weighted by molar-refractivity contribution is 7.85. The number of aliphatic hydroxyl groups excluding tert-OH is 3. The standard InChI is InChI=1S/C52H90O12S/c1-3-5-7-9-11-13-15-17-19-20-21-22-23-24-25-27-28-30-32-34-36-38-40-47(53)61-42-45(43-62-52-51(57)50(56)49(55)46(64-52)44-65(58,59)60)63-48(54)41-39-37-35-33-31-29-26-18-16-14-12-10-8-6-4-2/h6,8,12,14,18,26,31,33,37,39,45-46,49-52,55-57H,3-5,7,9-11,13,15-17,19-25,27-30,32,34-36,38,40-44H2,1-2H3,(H,58,59,60)/b8-6-,14-12-,26-18-,33-31-,39-37-. The van der Waals surface area contributed by atoms with Crippen molar-refractivity contribution in [2.75, 3.05) is 19.0 Å². The largest absolute Gasteiger partial charge is 0.462 e. The Kier molecular flexibility index (Phi) is 38.6. The molecule has 12 nitrogen and oxygen atoms in total. The maximum atomic E-state index is 12.8. The van der Waals surface area contributed by atoms with Crippen LogP contribution in [-0.4, -0.2) is 96.0 Å².